The van der Waals surface area contributed by atoms with E-state index in [2.05, 4.69) is 4.98 Å². The lowest BCUT2D eigenvalue weighted by Gasteiger charge is -2.13. The molecule has 1 aliphatic heterocycles. The Balaban J connectivity index is 1.74. The molecule has 2 aromatic rings. The van der Waals surface area contributed by atoms with Crippen molar-refractivity contribution in [2.24, 2.45) is 11.7 Å². The fourth-order valence-corrected chi connectivity index (χ4v) is 3.13. The van der Waals surface area contributed by atoms with Crippen molar-refractivity contribution in [3.63, 3.8) is 0 Å². The maximum Gasteiger partial charge on any atom is 0.273 e. The summed E-state index contributed by atoms with van der Waals surface area (Å²) in [7, 11) is 0. The van der Waals surface area contributed by atoms with Gasteiger partial charge in [0.1, 0.15) is 11.5 Å². The number of hydrogen-bond acceptors (Lipinski definition) is 5. The van der Waals surface area contributed by atoms with Crippen molar-refractivity contribution in [1.29, 1.82) is 0 Å². The number of thiazole rings is 1. The second-order valence-corrected chi connectivity index (χ2v) is 5.95. The van der Waals surface area contributed by atoms with Crippen LogP contribution >= 0.6 is 11.3 Å². The molecule has 0 radical (unpaired) electrons. The van der Waals surface area contributed by atoms with Crippen LogP contribution in [-0.4, -0.2) is 34.8 Å². The summed E-state index contributed by atoms with van der Waals surface area (Å²) in [6, 6.07) is 3.69. The zero-order valence-electron chi connectivity index (χ0n) is 11.5. The van der Waals surface area contributed by atoms with Crippen LogP contribution in [0.25, 0.3) is 10.8 Å². The number of nitrogens with two attached hydrogens (primary N) is 1. The monoisotopic (exact) mass is 305 g/mol. The highest BCUT2D eigenvalue weighted by atomic mass is 32.1. The number of aromatic nitrogens is 1. The average Bonchev–Trinajstić information content (AvgIpc) is 3.17. The Hall–Kier alpha value is -2.15. The summed E-state index contributed by atoms with van der Waals surface area (Å²) in [6.45, 7) is 2.78. The number of furan rings is 1. The predicted octanol–water partition coefficient (Wildman–Crippen LogP) is 1.66. The van der Waals surface area contributed by atoms with Gasteiger partial charge in [-0.05, 0) is 25.5 Å². The third-order valence-electron chi connectivity index (χ3n) is 3.55. The summed E-state index contributed by atoms with van der Waals surface area (Å²) in [5.74, 6) is 0.699. The molecular weight excluding hydrogens is 290 g/mol. The molecule has 7 heteroatoms. The highest BCUT2D eigenvalue weighted by Crippen LogP contribution is 2.27. The number of primary amides is 1. The molecule has 0 bridgehead atoms. The molecule has 1 unspecified atom stereocenters. The molecule has 3 heterocycles. The maximum atomic E-state index is 12.4. The van der Waals surface area contributed by atoms with Crippen LogP contribution in [0.3, 0.4) is 0 Å². The first-order valence-electron chi connectivity index (χ1n) is 6.65. The van der Waals surface area contributed by atoms with E-state index in [-0.39, 0.29) is 17.7 Å². The number of carbonyl (C=O) groups excluding carboxylic acids is 2. The SMILES string of the molecule is Cc1ccc(-c2nc(C(=O)N3CCC(C(N)=O)C3)cs2)o1. The van der Waals surface area contributed by atoms with Gasteiger partial charge in [0.2, 0.25) is 5.91 Å². The Morgan fingerprint density at radius 2 is 2.29 bits per heavy atom. The lowest BCUT2D eigenvalue weighted by atomic mass is 10.1. The van der Waals surface area contributed by atoms with Crippen molar-refractivity contribution in [1.82, 2.24) is 9.88 Å². The van der Waals surface area contributed by atoms with E-state index in [0.717, 1.165) is 5.76 Å². The summed E-state index contributed by atoms with van der Waals surface area (Å²) in [4.78, 5) is 29.5. The highest BCUT2D eigenvalue weighted by Gasteiger charge is 2.31. The summed E-state index contributed by atoms with van der Waals surface area (Å²) in [5, 5.41) is 2.39. The van der Waals surface area contributed by atoms with E-state index < -0.39 is 0 Å². The second kappa shape index (κ2) is 5.33. The Labute approximate surface area is 125 Å². The van der Waals surface area contributed by atoms with Gasteiger partial charge in [-0.1, -0.05) is 0 Å². The number of nitrogens with zero attached hydrogens (tertiary/aromatic N) is 2. The van der Waals surface area contributed by atoms with Crippen LogP contribution in [0.2, 0.25) is 0 Å². The molecule has 6 nitrogen and oxygen atoms in total. The minimum absolute atomic E-state index is 0.162. The molecular formula is C14H15N3O3S. The Morgan fingerprint density at radius 1 is 1.48 bits per heavy atom. The third kappa shape index (κ3) is 2.69. The zero-order chi connectivity index (χ0) is 15.0. The van der Waals surface area contributed by atoms with Crippen LogP contribution < -0.4 is 5.73 Å². The molecule has 1 aliphatic rings. The van der Waals surface area contributed by atoms with Crippen LogP contribution in [0, 0.1) is 12.8 Å². The van der Waals surface area contributed by atoms with Crippen molar-refractivity contribution in [3.05, 3.63) is 29.0 Å². The highest BCUT2D eigenvalue weighted by molar-refractivity contribution is 7.13. The average molecular weight is 305 g/mol. The molecule has 1 saturated heterocycles. The molecule has 1 atom stereocenters. The van der Waals surface area contributed by atoms with Crippen molar-refractivity contribution in [3.8, 4) is 10.8 Å². The fraction of sp³-hybridized carbons (Fsp3) is 0.357. The normalized spacial score (nSPS) is 18.1. The van der Waals surface area contributed by atoms with E-state index in [1.165, 1.54) is 11.3 Å². The largest absolute Gasteiger partial charge is 0.459 e. The van der Waals surface area contributed by atoms with E-state index in [9.17, 15) is 9.59 Å². The van der Waals surface area contributed by atoms with E-state index in [4.69, 9.17) is 10.2 Å². The van der Waals surface area contributed by atoms with Gasteiger partial charge in [-0.3, -0.25) is 9.59 Å². The Morgan fingerprint density at radius 3 is 2.90 bits per heavy atom. The molecule has 0 spiro atoms. The van der Waals surface area contributed by atoms with Crippen LogP contribution in [0.4, 0.5) is 0 Å². The van der Waals surface area contributed by atoms with Gasteiger partial charge >= 0.3 is 0 Å². The van der Waals surface area contributed by atoms with E-state index >= 15 is 0 Å². The van der Waals surface area contributed by atoms with Gasteiger partial charge in [-0.15, -0.1) is 11.3 Å². The number of carbonyl (C=O) groups is 2. The smallest absolute Gasteiger partial charge is 0.273 e. The first kappa shape index (κ1) is 13.8. The van der Waals surface area contributed by atoms with Crippen molar-refractivity contribution < 1.29 is 14.0 Å². The number of rotatable bonds is 3. The topological polar surface area (TPSA) is 89.4 Å². The molecule has 2 aromatic heterocycles. The molecule has 0 saturated carbocycles. The van der Waals surface area contributed by atoms with Crippen LogP contribution in [-0.2, 0) is 4.79 Å². The molecule has 2 amide bonds. The lowest BCUT2D eigenvalue weighted by Crippen LogP contribution is -2.31. The fourth-order valence-electron chi connectivity index (χ4n) is 2.37. The van der Waals surface area contributed by atoms with Gasteiger partial charge in [0.05, 0.1) is 5.92 Å². The van der Waals surface area contributed by atoms with E-state index in [1.807, 2.05) is 19.1 Å². The molecule has 0 aliphatic carbocycles. The van der Waals surface area contributed by atoms with Gasteiger partial charge in [0, 0.05) is 18.5 Å². The van der Waals surface area contributed by atoms with Crippen LogP contribution in [0.15, 0.2) is 21.9 Å². The number of hydrogen-bond donors (Lipinski definition) is 1. The number of aryl methyl sites for hydroxylation is 1. The van der Waals surface area contributed by atoms with Crippen molar-refractivity contribution in [2.45, 2.75) is 13.3 Å². The second-order valence-electron chi connectivity index (χ2n) is 5.09. The summed E-state index contributed by atoms with van der Waals surface area (Å²) < 4.78 is 5.50. The van der Waals surface area contributed by atoms with E-state index in [1.54, 1.807) is 10.3 Å². The minimum Gasteiger partial charge on any atom is -0.459 e. The molecule has 2 N–H and O–H groups in total. The third-order valence-corrected chi connectivity index (χ3v) is 4.41. The van der Waals surface area contributed by atoms with Gasteiger partial charge < -0.3 is 15.1 Å². The van der Waals surface area contributed by atoms with Crippen molar-refractivity contribution in [2.75, 3.05) is 13.1 Å². The van der Waals surface area contributed by atoms with Gasteiger partial charge in [0.25, 0.3) is 5.91 Å². The van der Waals surface area contributed by atoms with Gasteiger partial charge in [-0.25, -0.2) is 4.98 Å². The van der Waals surface area contributed by atoms with Gasteiger partial charge in [-0.2, -0.15) is 0 Å². The number of likely N-dealkylation sites (tertiary alicyclic amines) is 1. The maximum absolute atomic E-state index is 12.4. The molecule has 21 heavy (non-hydrogen) atoms. The van der Waals surface area contributed by atoms with E-state index in [0.29, 0.717) is 36.0 Å². The molecule has 1 fully saturated rings. The van der Waals surface area contributed by atoms with Crippen LogP contribution in [0.5, 0.6) is 0 Å². The molecule has 0 aromatic carbocycles. The minimum atomic E-state index is -0.352. The van der Waals surface area contributed by atoms with Crippen molar-refractivity contribution >= 4 is 23.2 Å². The quantitative estimate of drug-likeness (QED) is 0.934. The summed E-state index contributed by atoms with van der Waals surface area (Å²) in [6.07, 6.45) is 0.620. The Kier molecular flexibility index (Phi) is 3.50. The number of amides is 2. The zero-order valence-corrected chi connectivity index (χ0v) is 12.4. The van der Waals surface area contributed by atoms with Crippen LogP contribution in [0.1, 0.15) is 22.7 Å². The molecule has 3 rings (SSSR count). The lowest BCUT2D eigenvalue weighted by molar-refractivity contribution is -0.121. The Bertz CT molecular complexity index is 691. The summed E-state index contributed by atoms with van der Waals surface area (Å²) >= 11 is 1.37. The van der Waals surface area contributed by atoms with Gasteiger partial charge in [0.15, 0.2) is 10.8 Å². The predicted molar refractivity (Wildman–Crippen MR) is 77.8 cm³/mol. The summed E-state index contributed by atoms with van der Waals surface area (Å²) in [5.41, 5.74) is 5.66. The molecule has 110 valence electrons. The first-order valence-corrected chi connectivity index (χ1v) is 7.53. The first-order chi connectivity index (χ1) is 10.0. The standard InChI is InChI=1S/C14H15N3O3S/c1-8-2-3-11(20-8)13-16-10(7-21-13)14(19)17-5-4-9(6-17)12(15)18/h2-3,7,9H,4-6H2,1H3,(H2,15,18).